The van der Waals surface area contributed by atoms with E-state index in [2.05, 4.69) is 52.3 Å². The SMILES string of the molecule is CC(C)[C@@H](NC(=O)[C@@H](CSC(c1ccccc1)(c1ccccc1)c1ccccc1)NC(=O)[C@@H](Cc1cn(C(=O)OC(C)(C)C)c2ccccc12)NC(=O)C[C@H](O)/C=C/CCSC(c1ccccc1)(c1ccccc1)c1ccccc1)[C@@H](O)CC(=O)O. The highest BCUT2D eigenvalue weighted by Crippen LogP contribution is 2.50. The highest BCUT2D eigenvalue weighted by Gasteiger charge is 2.41. The number of allylic oxidation sites excluding steroid dienone is 1. The van der Waals surface area contributed by atoms with E-state index in [0.29, 0.717) is 28.6 Å². The third-order valence-corrected chi connectivity index (χ3v) is 18.0. The van der Waals surface area contributed by atoms with Gasteiger partial charge in [0, 0.05) is 23.8 Å². The van der Waals surface area contributed by atoms with Crippen molar-refractivity contribution in [2.24, 2.45) is 5.92 Å². The first-order valence-electron chi connectivity index (χ1n) is 29.0. The van der Waals surface area contributed by atoms with Crippen LogP contribution in [0.1, 0.15) is 92.8 Å². The van der Waals surface area contributed by atoms with E-state index in [0.717, 1.165) is 33.4 Å². The number of rotatable bonds is 27. The number of benzene rings is 7. The molecule has 0 saturated carbocycles. The molecule has 0 aliphatic carbocycles. The number of hydrogen-bond acceptors (Lipinski definition) is 10. The van der Waals surface area contributed by atoms with Crippen molar-refractivity contribution >= 4 is 64.2 Å². The Hall–Kier alpha value is -8.21. The van der Waals surface area contributed by atoms with E-state index in [1.165, 1.54) is 16.3 Å². The second-order valence-electron chi connectivity index (χ2n) is 22.6. The number of hydrogen-bond donors (Lipinski definition) is 6. The van der Waals surface area contributed by atoms with E-state index in [1.54, 1.807) is 82.9 Å². The molecule has 0 aliphatic rings. The number of carboxylic acids is 1. The topological polar surface area (TPSA) is 196 Å². The molecule has 1 aromatic heterocycles. The summed E-state index contributed by atoms with van der Waals surface area (Å²) < 4.78 is 5.65. The van der Waals surface area contributed by atoms with Gasteiger partial charge in [-0.25, -0.2) is 4.79 Å². The first kappa shape index (κ1) is 63.8. The van der Waals surface area contributed by atoms with Crippen LogP contribution in [-0.2, 0) is 39.8 Å². The fourth-order valence-electron chi connectivity index (χ4n) is 10.8. The average Bonchev–Trinajstić information content (AvgIpc) is 3.40. The summed E-state index contributed by atoms with van der Waals surface area (Å²) in [4.78, 5) is 70.5. The van der Waals surface area contributed by atoms with Gasteiger partial charge in [0.15, 0.2) is 0 Å². The molecule has 0 aliphatic heterocycles. The lowest BCUT2D eigenvalue weighted by Crippen LogP contribution is -2.58. The van der Waals surface area contributed by atoms with Gasteiger partial charge in [0.2, 0.25) is 17.7 Å². The third kappa shape index (κ3) is 16.0. The Morgan fingerprint density at radius 1 is 0.558 bits per heavy atom. The van der Waals surface area contributed by atoms with Crippen LogP contribution >= 0.6 is 23.5 Å². The molecule has 0 unspecified atom stereocenters. The van der Waals surface area contributed by atoms with Crippen molar-refractivity contribution in [1.82, 2.24) is 20.5 Å². The van der Waals surface area contributed by atoms with Crippen LogP contribution in [0.4, 0.5) is 4.79 Å². The maximum absolute atomic E-state index is 15.4. The molecule has 8 rings (SSSR count). The van der Waals surface area contributed by atoms with E-state index in [-0.39, 0.29) is 12.2 Å². The first-order chi connectivity index (χ1) is 41.4. The lowest BCUT2D eigenvalue weighted by Gasteiger charge is -2.37. The number of carbonyl (C=O) groups excluding carboxylic acids is 4. The molecule has 15 heteroatoms. The molecule has 7 aromatic carbocycles. The Balaban J connectivity index is 1.10. The fourth-order valence-corrected chi connectivity index (χ4v) is 13.9. The van der Waals surface area contributed by atoms with Crippen LogP contribution in [0.25, 0.3) is 10.9 Å². The van der Waals surface area contributed by atoms with Crippen LogP contribution in [0.2, 0.25) is 0 Å². The number of carbonyl (C=O) groups is 5. The number of para-hydroxylation sites is 1. The van der Waals surface area contributed by atoms with Crippen molar-refractivity contribution in [3.8, 4) is 0 Å². The molecule has 0 bridgehead atoms. The number of amides is 3. The minimum Gasteiger partial charge on any atom is -0.481 e. The van der Waals surface area contributed by atoms with Gasteiger partial charge in [0.25, 0.3) is 0 Å². The Labute approximate surface area is 512 Å². The Kier molecular flexibility index (Phi) is 22.1. The molecule has 5 atom stereocenters. The average molecular weight is 1190 g/mol. The van der Waals surface area contributed by atoms with Crippen LogP contribution in [-0.4, -0.2) is 97.1 Å². The number of nitrogens with zero attached hydrogens (tertiary/aromatic N) is 1. The number of aliphatic hydroxyl groups excluding tert-OH is 2. The second kappa shape index (κ2) is 29.7. The fraction of sp³-hybridized carbons (Fsp3) is 0.282. The number of nitrogens with one attached hydrogen (secondary N) is 3. The van der Waals surface area contributed by atoms with E-state index in [1.807, 2.05) is 152 Å². The monoisotopic (exact) mass is 1190 g/mol. The minimum atomic E-state index is -1.47. The van der Waals surface area contributed by atoms with Crippen molar-refractivity contribution in [1.29, 1.82) is 0 Å². The van der Waals surface area contributed by atoms with Gasteiger partial charge in [-0.3, -0.25) is 23.7 Å². The predicted molar refractivity (Wildman–Crippen MR) is 344 cm³/mol. The number of aliphatic hydroxyl groups is 2. The van der Waals surface area contributed by atoms with E-state index in [4.69, 9.17) is 4.74 Å². The van der Waals surface area contributed by atoms with Gasteiger partial charge in [-0.2, -0.15) is 0 Å². The normalized spacial score (nSPS) is 13.8. The number of ether oxygens (including phenoxy) is 1. The molecule has 3 amide bonds. The number of carboxylic acid groups (broad SMARTS) is 1. The highest BCUT2D eigenvalue weighted by atomic mass is 32.2. The summed E-state index contributed by atoms with van der Waals surface area (Å²) >= 11 is 3.18. The standard InChI is InChI=1S/C71H76N4O9S2/c1-49(2)65(62(77)46-64(79)80)74-67(82)60(48-86-71(54-34-18-9-19-35-54,55-36-20-10-21-37-55)56-38-22-11-23-39-56)73-66(81)59(44-50-47-75(68(83)84-69(3,4)5)61-42-25-24-41-58(50)61)72-63(78)45-57(76)40-26-27-43-85-70(51-28-12-6-13-29-51,52-30-14-7-15-31-52)53-32-16-8-17-33-53/h6-26,28-42,47,49,57,59-60,62,65,76-77H,27,43-46,48H2,1-5H3,(H,72,78)(H,73,81)(H,74,82)(H,79,80)/b40-26+/t57-,59-,60-,62+,65-/m1/s1. The summed E-state index contributed by atoms with van der Waals surface area (Å²) in [5, 5.41) is 41.8. The van der Waals surface area contributed by atoms with Crippen LogP contribution in [0.15, 0.2) is 225 Å². The molecular weight excluding hydrogens is 1120 g/mol. The summed E-state index contributed by atoms with van der Waals surface area (Å²) in [5.41, 5.74) is 6.21. The number of aliphatic carboxylic acids is 1. The molecule has 6 N–H and O–H groups in total. The highest BCUT2D eigenvalue weighted by molar-refractivity contribution is 8.00. The maximum atomic E-state index is 15.4. The third-order valence-electron chi connectivity index (χ3n) is 14.8. The summed E-state index contributed by atoms with van der Waals surface area (Å²) in [7, 11) is 0. The maximum Gasteiger partial charge on any atom is 0.419 e. The summed E-state index contributed by atoms with van der Waals surface area (Å²) in [6.45, 7) is 8.78. The number of thioether (sulfide) groups is 2. The lowest BCUT2D eigenvalue weighted by molar-refractivity contribution is -0.140. The van der Waals surface area contributed by atoms with Gasteiger partial charge < -0.3 is 36.0 Å². The van der Waals surface area contributed by atoms with E-state index >= 15 is 9.59 Å². The van der Waals surface area contributed by atoms with Gasteiger partial charge in [-0.05, 0) is 83.9 Å². The second-order valence-corrected chi connectivity index (χ2v) is 25.1. The molecule has 8 aromatic rings. The molecule has 0 saturated heterocycles. The van der Waals surface area contributed by atoms with E-state index < -0.39 is 94.0 Å². The van der Waals surface area contributed by atoms with Crippen molar-refractivity contribution < 1.29 is 44.0 Å². The molecule has 0 spiro atoms. The van der Waals surface area contributed by atoms with Crippen LogP contribution in [0, 0.1) is 5.92 Å². The first-order valence-corrected chi connectivity index (χ1v) is 30.9. The molecule has 1 heterocycles. The van der Waals surface area contributed by atoms with Crippen LogP contribution in [0.5, 0.6) is 0 Å². The molecule has 86 heavy (non-hydrogen) atoms. The smallest absolute Gasteiger partial charge is 0.419 e. The van der Waals surface area contributed by atoms with Gasteiger partial charge >= 0.3 is 12.1 Å². The van der Waals surface area contributed by atoms with Gasteiger partial charge in [0.05, 0.1) is 46.1 Å². The molecule has 446 valence electrons. The summed E-state index contributed by atoms with van der Waals surface area (Å²) in [5.74, 6) is -3.22. The summed E-state index contributed by atoms with van der Waals surface area (Å²) in [6.07, 6.45) is 0.964. The number of fused-ring (bicyclic) bond motifs is 1. The number of aromatic nitrogens is 1. The van der Waals surface area contributed by atoms with Gasteiger partial charge in [-0.15, -0.1) is 23.5 Å². The molecule has 0 fully saturated rings. The summed E-state index contributed by atoms with van der Waals surface area (Å²) in [6, 6.07) is 63.9. The van der Waals surface area contributed by atoms with E-state index in [9.17, 15) is 29.7 Å². The van der Waals surface area contributed by atoms with Gasteiger partial charge in [-0.1, -0.05) is 226 Å². The Morgan fingerprint density at radius 3 is 1.43 bits per heavy atom. The Bertz CT molecular complexity index is 3330. The zero-order valence-electron chi connectivity index (χ0n) is 49.1. The zero-order chi connectivity index (χ0) is 61.3. The van der Waals surface area contributed by atoms with Crippen LogP contribution in [0.3, 0.4) is 0 Å². The molecular formula is C71H76N4O9S2. The zero-order valence-corrected chi connectivity index (χ0v) is 50.8. The van der Waals surface area contributed by atoms with Crippen molar-refractivity contribution in [2.45, 2.75) is 106 Å². The van der Waals surface area contributed by atoms with Crippen molar-refractivity contribution in [2.75, 3.05) is 11.5 Å². The minimum absolute atomic E-state index is 0.0698. The largest absolute Gasteiger partial charge is 0.481 e. The quantitative estimate of drug-likeness (QED) is 0.0163. The lowest BCUT2D eigenvalue weighted by atomic mass is 9.84. The molecule has 0 radical (unpaired) electrons. The molecule has 13 nitrogen and oxygen atoms in total. The predicted octanol–water partition coefficient (Wildman–Crippen LogP) is 12.1. The Morgan fingerprint density at radius 2 is 0.988 bits per heavy atom. The van der Waals surface area contributed by atoms with Gasteiger partial charge in [0.1, 0.15) is 17.7 Å². The van der Waals surface area contributed by atoms with Crippen LogP contribution < -0.4 is 16.0 Å². The van der Waals surface area contributed by atoms with Crippen molar-refractivity contribution in [3.63, 3.8) is 0 Å². The van der Waals surface area contributed by atoms with Crippen molar-refractivity contribution in [3.05, 3.63) is 264 Å².